The van der Waals surface area contributed by atoms with Crippen molar-refractivity contribution in [1.29, 1.82) is 0 Å². The number of aryl methyl sites for hydroxylation is 2. The number of nitrogens with zero attached hydrogens (tertiary/aromatic N) is 4. The third kappa shape index (κ3) is 7.55. The number of anilines is 2. The Hall–Kier alpha value is -4.54. The molecular formula is C34H28N6NaO6S2+. The molecule has 242 valence electrons. The maximum atomic E-state index is 11.6. The average Bonchev–Trinajstić information content (AvgIpc) is 3.03. The molecule has 0 unspecified atom stereocenters. The molecule has 0 aliphatic heterocycles. The standard InChI is InChI=1S/C34H28N6O6S2.Na/c1-19-15-21(5-13-31(19)37-39-33-27-9-7-25(47(41,42)43)17-23(27)3-11-29(33)35)22-6-14-32(20(2)16-22)38-40-34-28-10-8-26(48(44,45)46)18-24(28)4-12-30(34)36;/h3-18H,35-36H2,1-2H3,(H,41,42,43)(H,44,45,46);/q;+1. The first-order chi connectivity index (χ1) is 22.7. The number of fused-ring (bicyclic) bond motifs is 2. The molecule has 6 aromatic rings. The Balaban J connectivity index is 0.00000468. The molecule has 6 aromatic carbocycles. The summed E-state index contributed by atoms with van der Waals surface area (Å²) in [5, 5.41) is 19.9. The first-order valence-corrected chi connectivity index (χ1v) is 17.2. The van der Waals surface area contributed by atoms with Gasteiger partial charge < -0.3 is 11.5 Å². The number of rotatable bonds is 7. The summed E-state index contributed by atoms with van der Waals surface area (Å²) < 4.78 is 65.0. The molecule has 0 spiro atoms. The van der Waals surface area contributed by atoms with Crippen LogP contribution in [0, 0.1) is 13.8 Å². The van der Waals surface area contributed by atoms with Gasteiger partial charge in [0.1, 0.15) is 11.4 Å². The van der Waals surface area contributed by atoms with Gasteiger partial charge in [-0.2, -0.15) is 27.1 Å². The smallest absolute Gasteiger partial charge is 0.397 e. The van der Waals surface area contributed by atoms with Gasteiger partial charge in [0.05, 0.1) is 32.5 Å². The van der Waals surface area contributed by atoms with Crippen molar-refractivity contribution in [2.45, 2.75) is 23.6 Å². The van der Waals surface area contributed by atoms with Crippen molar-refractivity contribution in [3.05, 3.63) is 108 Å². The SMILES string of the molecule is Cc1cc(-c2ccc(N=Nc3c(N)ccc4cc(S(=O)(=O)O)ccc34)c(C)c2)ccc1N=Nc1c(N)ccc2cc(S(=O)(=O)O)ccc12.[Na+]. The van der Waals surface area contributed by atoms with Crippen LogP contribution in [0.3, 0.4) is 0 Å². The molecule has 0 radical (unpaired) electrons. The monoisotopic (exact) mass is 703 g/mol. The number of hydrogen-bond acceptors (Lipinski definition) is 10. The zero-order chi connectivity index (χ0) is 34.4. The number of nitrogen functional groups attached to an aromatic ring is 2. The van der Waals surface area contributed by atoms with E-state index in [4.69, 9.17) is 11.5 Å². The van der Waals surface area contributed by atoms with Crippen molar-refractivity contribution >= 4 is 75.9 Å². The van der Waals surface area contributed by atoms with E-state index in [1.165, 1.54) is 36.4 Å². The van der Waals surface area contributed by atoms with E-state index in [9.17, 15) is 25.9 Å². The molecule has 0 amide bonds. The normalized spacial score (nSPS) is 12.2. The first-order valence-electron chi connectivity index (χ1n) is 14.3. The van der Waals surface area contributed by atoms with Crippen LogP contribution in [-0.4, -0.2) is 25.9 Å². The van der Waals surface area contributed by atoms with Crippen LogP contribution in [0.2, 0.25) is 0 Å². The van der Waals surface area contributed by atoms with Crippen molar-refractivity contribution in [2.24, 2.45) is 20.5 Å². The molecule has 49 heavy (non-hydrogen) atoms. The summed E-state index contributed by atoms with van der Waals surface area (Å²) in [6.45, 7) is 3.82. The fourth-order valence-corrected chi connectivity index (χ4v) is 6.29. The molecule has 0 fully saturated rings. The number of nitrogens with two attached hydrogens (primary N) is 2. The van der Waals surface area contributed by atoms with Crippen LogP contribution in [-0.2, 0) is 20.2 Å². The van der Waals surface area contributed by atoms with Gasteiger partial charge in [-0.05, 0) is 108 Å². The molecule has 0 aromatic heterocycles. The zero-order valence-corrected chi connectivity index (χ0v) is 30.2. The molecular weight excluding hydrogens is 676 g/mol. The maximum Gasteiger partial charge on any atom is 1.00 e. The minimum atomic E-state index is -4.36. The van der Waals surface area contributed by atoms with Gasteiger partial charge in [-0.1, -0.05) is 36.4 Å². The van der Waals surface area contributed by atoms with Gasteiger partial charge in [0.25, 0.3) is 20.2 Å². The van der Waals surface area contributed by atoms with E-state index in [1.54, 1.807) is 24.3 Å². The van der Waals surface area contributed by atoms with E-state index in [0.29, 0.717) is 55.7 Å². The minimum Gasteiger partial charge on any atom is -0.397 e. The molecule has 15 heteroatoms. The zero-order valence-electron chi connectivity index (χ0n) is 26.5. The molecule has 0 aliphatic carbocycles. The van der Waals surface area contributed by atoms with Crippen LogP contribution in [0.15, 0.2) is 127 Å². The van der Waals surface area contributed by atoms with E-state index in [0.717, 1.165) is 22.3 Å². The predicted octanol–water partition coefficient (Wildman–Crippen LogP) is 5.77. The summed E-state index contributed by atoms with van der Waals surface area (Å²) in [5.74, 6) is 0. The van der Waals surface area contributed by atoms with Crippen molar-refractivity contribution in [2.75, 3.05) is 11.5 Å². The van der Waals surface area contributed by atoms with Crippen LogP contribution in [0.25, 0.3) is 32.7 Å². The third-order valence-corrected chi connectivity index (χ3v) is 9.53. The second-order valence-electron chi connectivity index (χ2n) is 11.1. The van der Waals surface area contributed by atoms with E-state index in [2.05, 4.69) is 20.5 Å². The summed E-state index contributed by atoms with van der Waals surface area (Å²) in [5.41, 5.74) is 18.7. The Morgan fingerprint density at radius 1 is 0.510 bits per heavy atom. The second-order valence-corrected chi connectivity index (χ2v) is 14.0. The van der Waals surface area contributed by atoms with Gasteiger partial charge in [0.15, 0.2) is 0 Å². The van der Waals surface area contributed by atoms with E-state index >= 15 is 0 Å². The number of azo groups is 2. The number of hydrogen-bond donors (Lipinski definition) is 4. The Kier molecular flexibility index (Phi) is 10.0. The summed E-state index contributed by atoms with van der Waals surface area (Å²) in [7, 11) is -8.72. The molecule has 0 saturated carbocycles. The van der Waals surface area contributed by atoms with Crippen LogP contribution in [0.1, 0.15) is 11.1 Å². The van der Waals surface area contributed by atoms with Crippen LogP contribution in [0.4, 0.5) is 34.1 Å². The quantitative estimate of drug-likeness (QED) is 0.0692. The van der Waals surface area contributed by atoms with Crippen LogP contribution < -0.4 is 41.0 Å². The molecule has 0 atom stereocenters. The first kappa shape index (κ1) is 35.8. The van der Waals surface area contributed by atoms with Crippen molar-refractivity contribution < 1.29 is 55.5 Å². The molecule has 0 heterocycles. The van der Waals surface area contributed by atoms with Crippen molar-refractivity contribution in [3.63, 3.8) is 0 Å². The van der Waals surface area contributed by atoms with Gasteiger partial charge in [0, 0.05) is 10.8 Å². The van der Waals surface area contributed by atoms with Crippen molar-refractivity contribution in [1.82, 2.24) is 0 Å². The minimum absolute atomic E-state index is 0. The van der Waals surface area contributed by atoms with Crippen LogP contribution >= 0.6 is 0 Å². The fourth-order valence-electron chi connectivity index (χ4n) is 5.26. The number of benzene rings is 6. The summed E-state index contributed by atoms with van der Waals surface area (Å²) in [6, 6.07) is 26.3. The van der Waals surface area contributed by atoms with E-state index in [-0.39, 0.29) is 39.3 Å². The Bertz CT molecular complexity index is 2400. The van der Waals surface area contributed by atoms with Gasteiger partial charge in [-0.3, -0.25) is 9.11 Å². The fraction of sp³-hybridized carbons (Fsp3) is 0.0588. The van der Waals surface area contributed by atoms with E-state index < -0.39 is 20.2 Å². The van der Waals surface area contributed by atoms with Crippen LogP contribution in [0.5, 0.6) is 0 Å². The molecule has 6 rings (SSSR count). The average molecular weight is 704 g/mol. The largest absolute Gasteiger partial charge is 1.00 e. The van der Waals surface area contributed by atoms with Gasteiger partial charge in [-0.25, -0.2) is 0 Å². The Labute approximate surface area is 304 Å². The van der Waals surface area contributed by atoms with Crippen molar-refractivity contribution in [3.8, 4) is 11.1 Å². The summed E-state index contributed by atoms with van der Waals surface area (Å²) in [4.78, 5) is -0.455. The second kappa shape index (κ2) is 13.8. The summed E-state index contributed by atoms with van der Waals surface area (Å²) in [6.07, 6.45) is 0. The Morgan fingerprint density at radius 2 is 0.898 bits per heavy atom. The summed E-state index contributed by atoms with van der Waals surface area (Å²) >= 11 is 0. The maximum absolute atomic E-state index is 11.6. The predicted molar refractivity (Wildman–Crippen MR) is 186 cm³/mol. The molecule has 0 aliphatic rings. The van der Waals surface area contributed by atoms with E-state index in [1.807, 2.05) is 50.2 Å². The molecule has 12 nitrogen and oxygen atoms in total. The van der Waals surface area contributed by atoms with Gasteiger partial charge >= 0.3 is 29.6 Å². The van der Waals surface area contributed by atoms with Gasteiger partial charge in [0.2, 0.25) is 0 Å². The third-order valence-electron chi connectivity index (χ3n) is 7.83. The van der Waals surface area contributed by atoms with Gasteiger partial charge in [-0.15, -0.1) is 10.2 Å². The molecule has 0 bridgehead atoms. The molecule has 0 saturated heterocycles. The Morgan fingerprint density at radius 3 is 1.24 bits per heavy atom. The topological polar surface area (TPSA) is 210 Å². The molecule has 6 N–H and O–H groups in total.